The topological polar surface area (TPSA) is 45.2 Å². The van der Waals surface area contributed by atoms with Crippen LogP contribution in [0.2, 0.25) is 0 Å². The van der Waals surface area contributed by atoms with E-state index in [9.17, 15) is 4.79 Å². The number of nitrogens with zero attached hydrogens (tertiary/aromatic N) is 2. The molecule has 5 heteroatoms. The number of hydrogen-bond donors (Lipinski definition) is 1. The van der Waals surface area contributed by atoms with Crippen LogP contribution in [-0.2, 0) is 4.79 Å². The largest absolute Gasteiger partial charge is 0.333 e. The van der Waals surface area contributed by atoms with Crippen LogP contribution in [0.1, 0.15) is 30.0 Å². The smallest absolute Gasteiger partial charge is 0.230 e. The van der Waals surface area contributed by atoms with Crippen LogP contribution in [0.25, 0.3) is 0 Å². The van der Waals surface area contributed by atoms with Crippen LogP contribution in [0, 0.1) is 0 Å². The number of nitrogens with one attached hydrogen (secondary N) is 1. The Morgan fingerprint density at radius 2 is 2.43 bits per heavy atom. The second-order valence-corrected chi connectivity index (χ2v) is 6.10. The molecule has 0 saturated carbocycles. The van der Waals surface area contributed by atoms with E-state index in [0.29, 0.717) is 0 Å². The maximum atomic E-state index is 12.9. The van der Waals surface area contributed by atoms with Crippen molar-refractivity contribution in [3.05, 3.63) is 52.5 Å². The Labute approximate surface area is 128 Å². The first-order valence-electron chi connectivity index (χ1n) is 7.20. The van der Waals surface area contributed by atoms with Crippen molar-refractivity contribution in [3.8, 4) is 0 Å². The zero-order valence-corrected chi connectivity index (χ0v) is 12.8. The molecule has 1 aliphatic heterocycles. The van der Waals surface area contributed by atoms with Crippen molar-refractivity contribution in [1.29, 1.82) is 0 Å². The second-order valence-electron chi connectivity index (χ2n) is 5.32. The lowest BCUT2D eigenvalue weighted by atomic mass is 9.99. The van der Waals surface area contributed by atoms with E-state index >= 15 is 0 Å². The summed E-state index contributed by atoms with van der Waals surface area (Å²) in [6.07, 6.45) is 3.62. The van der Waals surface area contributed by atoms with E-state index in [4.69, 9.17) is 0 Å². The number of hydrogen-bond acceptors (Lipinski definition) is 4. The summed E-state index contributed by atoms with van der Waals surface area (Å²) >= 11 is 1.64. The van der Waals surface area contributed by atoms with Crippen molar-refractivity contribution in [3.63, 3.8) is 0 Å². The van der Waals surface area contributed by atoms with Crippen molar-refractivity contribution in [1.82, 2.24) is 15.2 Å². The Balaban J connectivity index is 1.82. The highest BCUT2D eigenvalue weighted by molar-refractivity contribution is 7.08. The molecule has 1 N–H and O–H groups in total. The average Bonchev–Trinajstić information content (AvgIpc) is 3.09. The van der Waals surface area contributed by atoms with Gasteiger partial charge in [0.1, 0.15) is 0 Å². The predicted molar refractivity (Wildman–Crippen MR) is 84.3 cm³/mol. The summed E-state index contributed by atoms with van der Waals surface area (Å²) in [5.74, 6) is 0.109. The number of carbonyl (C=O) groups excluding carboxylic acids is 1. The number of carbonyl (C=O) groups is 1. The molecule has 21 heavy (non-hydrogen) atoms. The zero-order valence-electron chi connectivity index (χ0n) is 12.0. The second kappa shape index (κ2) is 6.37. The van der Waals surface area contributed by atoms with Crippen molar-refractivity contribution >= 4 is 17.2 Å². The minimum atomic E-state index is -0.0893. The minimum absolute atomic E-state index is 0.0704. The molecule has 0 bridgehead atoms. The monoisotopic (exact) mass is 301 g/mol. The third-order valence-corrected chi connectivity index (χ3v) is 4.71. The van der Waals surface area contributed by atoms with E-state index in [-0.39, 0.29) is 17.9 Å². The SMILES string of the molecule is CC(C(=O)N1CCNCC1c1cccnc1)c1ccsc1. The normalized spacial score (nSPS) is 20.2. The van der Waals surface area contributed by atoms with Crippen molar-refractivity contribution in [2.75, 3.05) is 19.6 Å². The lowest BCUT2D eigenvalue weighted by molar-refractivity contribution is -0.135. The summed E-state index contributed by atoms with van der Waals surface area (Å²) in [4.78, 5) is 19.0. The Morgan fingerprint density at radius 1 is 1.52 bits per heavy atom. The standard InChI is InChI=1S/C16H19N3OS/c1-12(14-4-8-21-11-14)16(20)19-7-6-18-10-15(19)13-3-2-5-17-9-13/h2-5,8-9,11-12,15,18H,6-7,10H2,1H3. The van der Waals surface area contributed by atoms with Crippen LogP contribution in [-0.4, -0.2) is 35.4 Å². The lowest BCUT2D eigenvalue weighted by Gasteiger charge is -2.37. The fraction of sp³-hybridized carbons (Fsp3) is 0.375. The van der Waals surface area contributed by atoms with Gasteiger partial charge in [0, 0.05) is 32.0 Å². The summed E-state index contributed by atoms with van der Waals surface area (Å²) in [6.45, 7) is 4.37. The Bertz CT molecular complexity index is 585. The maximum Gasteiger partial charge on any atom is 0.230 e. The highest BCUT2D eigenvalue weighted by Crippen LogP contribution is 2.27. The molecule has 0 spiro atoms. The summed E-state index contributed by atoms with van der Waals surface area (Å²) < 4.78 is 0. The molecule has 0 aliphatic carbocycles. The van der Waals surface area contributed by atoms with Crippen LogP contribution in [0.15, 0.2) is 41.4 Å². The van der Waals surface area contributed by atoms with Crippen LogP contribution in [0.5, 0.6) is 0 Å². The number of amides is 1. The van der Waals surface area contributed by atoms with E-state index in [1.54, 1.807) is 17.5 Å². The van der Waals surface area contributed by atoms with E-state index < -0.39 is 0 Å². The molecular weight excluding hydrogens is 282 g/mol. The fourth-order valence-corrected chi connectivity index (χ4v) is 3.51. The summed E-state index contributed by atoms with van der Waals surface area (Å²) in [6, 6.07) is 6.07. The third kappa shape index (κ3) is 2.99. The molecule has 3 rings (SSSR count). The highest BCUT2D eigenvalue weighted by atomic mass is 32.1. The number of thiophene rings is 1. The van der Waals surface area contributed by atoms with Gasteiger partial charge >= 0.3 is 0 Å². The van der Waals surface area contributed by atoms with E-state index in [0.717, 1.165) is 30.8 Å². The van der Waals surface area contributed by atoms with Gasteiger partial charge in [-0.3, -0.25) is 9.78 Å². The molecule has 0 radical (unpaired) electrons. The Morgan fingerprint density at radius 3 is 3.14 bits per heavy atom. The van der Waals surface area contributed by atoms with Gasteiger partial charge in [0.25, 0.3) is 0 Å². The number of rotatable bonds is 3. The van der Waals surface area contributed by atoms with Gasteiger partial charge in [0.2, 0.25) is 5.91 Å². The van der Waals surface area contributed by atoms with E-state index in [2.05, 4.69) is 15.7 Å². The van der Waals surface area contributed by atoms with Gasteiger partial charge in [-0.2, -0.15) is 11.3 Å². The predicted octanol–water partition coefficient (Wildman–Crippen LogP) is 2.42. The van der Waals surface area contributed by atoms with Gasteiger partial charge in [-0.1, -0.05) is 6.07 Å². The van der Waals surface area contributed by atoms with Crippen LogP contribution in [0.4, 0.5) is 0 Å². The molecule has 1 amide bonds. The maximum absolute atomic E-state index is 12.9. The number of pyridine rings is 1. The van der Waals surface area contributed by atoms with Crippen LogP contribution < -0.4 is 5.32 Å². The average molecular weight is 301 g/mol. The molecule has 1 saturated heterocycles. The molecule has 4 nitrogen and oxygen atoms in total. The lowest BCUT2D eigenvalue weighted by Crippen LogP contribution is -2.49. The quantitative estimate of drug-likeness (QED) is 0.947. The molecule has 110 valence electrons. The van der Waals surface area contributed by atoms with Crippen molar-refractivity contribution < 1.29 is 4.79 Å². The first kappa shape index (κ1) is 14.2. The van der Waals surface area contributed by atoms with Gasteiger partial charge in [-0.05, 0) is 40.9 Å². The van der Waals surface area contributed by atoms with Gasteiger partial charge in [-0.25, -0.2) is 0 Å². The third-order valence-electron chi connectivity index (χ3n) is 4.01. The Kier molecular flexibility index (Phi) is 4.31. The van der Waals surface area contributed by atoms with Gasteiger partial charge in [-0.15, -0.1) is 0 Å². The van der Waals surface area contributed by atoms with Gasteiger partial charge in [0.05, 0.1) is 12.0 Å². The first-order valence-corrected chi connectivity index (χ1v) is 8.15. The van der Waals surface area contributed by atoms with Crippen LogP contribution >= 0.6 is 11.3 Å². The number of piperazine rings is 1. The van der Waals surface area contributed by atoms with E-state index in [1.165, 1.54) is 0 Å². The summed E-state index contributed by atoms with van der Waals surface area (Å²) in [5.41, 5.74) is 2.20. The zero-order chi connectivity index (χ0) is 14.7. The molecule has 2 atom stereocenters. The highest BCUT2D eigenvalue weighted by Gasteiger charge is 2.31. The van der Waals surface area contributed by atoms with Crippen LogP contribution in [0.3, 0.4) is 0 Å². The molecule has 2 aromatic heterocycles. The van der Waals surface area contributed by atoms with Gasteiger partial charge < -0.3 is 10.2 Å². The van der Waals surface area contributed by atoms with Gasteiger partial charge in [0.15, 0.2) is 0 Å². The molecule has 3 heterocycles. The fourth-order valence-electron chi connectivity index (χ4n) is 2.75. The minimum Gasteiger partial charge on any atom is -0.333 e. The van der Waals surface area contributed by atoms with E-state index in [1.807, 2.05) is 41.6 Å². The Hall–Kier alpha value is -1.72. The molecule has 0 aromatic carbocycles. The molecule has 1 aliphatic rings. The first-order chi connectivity index (χ1) is 10.3. The molecular formula is C16H19N3OS. The number of aromatic nitrogens is 1. The summed E-state index contributed by atoms with van der Waals surface area (Å²) in [5, 5.41) is 7.45. The summed E-state index contributed by atoms with van der Waals surface area (Å²) in [7, 11) is 0. The molecule has 2 unspecified atom stereocenters. The molecule has 1 fully saturated rings. The van der Waals surface area contributed by atoms with Crippen molar-refractivity contribution in [2.24, 2.45) is 0 Å². The van der Waals surface area contributed by atoms with Crippen molar-refractivity contribution in [2.45, 2.75) is 18.9 Å². The molecule has 2 aromatic rings.